The van der Waals surface area contributed by atoms with Crippen LogP contribution in [-0.2, 0) is 19.6 Å². The number of carbonyl (C=O) groups is 3. The minimum Gasteiger partial charge on any atom is -0.491 e. The summed E-state index contributed by atoms with van der Waals surface area (Å²) < 4.78 is 17.7. The Morgan fingerprint density at radius 2 is 1.56 bits per heavy atom. The second-order valence-electron chi connectivity index (χ2n) is 12.1. The van der Waals surface area contributed by atoms with Crippen LogP contribution in [0.25, 0.3) is 22.1 Å². The number of anilines is 2. The molecule has 16 nitrogen and oxygen atoms in total. The third kappa shape index (κ3) is 9.61. The molecule has 1 amide bonds. The van der Waals surface area contributed by atoms with E-state index >= 15 is 0 Å². The van der Waals surface area contributed by atoms with Gasteiger partial charge in [0.15, 0.2) is 0 Å². The van der Waals surface area contributed by atoms with Crippen molar-refractivity contribution in [2.45, 2.75) is 39.9 Å². The fourth-order valence-corrected chi connectivity index (χ4v) is 5.91. The molecule has 5 rings (SSSR count). The Labute approximate surface area is 323 Å². The molecule has 3 aromatic heterocycles. The summed E-state index contributed by atoms with van der Waals surface area (Å²) >= 11 is 4.30. The number of rotatable bonds is 20. The highest BCUT2D eigenvalue weighted by Crippen LogP contribution is 2.32. The van der Waals surface area contributed by atoms with E-state index in [2.05, 4.69) is 33.4 Å². The maximum Gasteiger partial charge on any atom is 0.276 e. The van der Waals surface area contributed by atoms with E-state index in [9.17, 15) is 14.4 Å². The summed E-state index contributed by atoms with van der Waals surface area (Å²) in [7, 11) is 1.76. The highest BCUT2D eigenvalue weighted by molar-refractivity contribution is 7.80. The first kappa shape index (κ1) is 39.8. The van der Waals surface area contributed by atoms with Crippen LogP contribution in [-0.4, -0.2) is 86.1 Å². The summed E-state index contributed by atoms with van der Waals surface area (Å²) in [4.78, 5) is 50.9. The van der Waals surface area contributed by atoms with Crippen LogP contribution in [0.2, 0.25) is 0 Å². The third-order valence-electron chi connectivity index (χ3n) is 8.26. The zero-order valence-corrected chi connectivity index (χ0v) is 31.8. The predicted octanol–water partition coefficient (Wildman–Crippen LogP) is 4.55. The van der Waals surface area contributed by atoms with Crippen LogP contribution in [0.3, 0.4) is 0 Å². The number of aldehydes is 2. The molecule has 0 saturated carbocycles. The number of amides is 1. The molecule has 0 fully saturated rings. The van der Waals surface area contributed by atoms with E-state index < -0.39 is 0 Å². The molecular weight excluding hydrogens is 723 g/mol. The Kier molecular flexibility index (Phi) is 13.8. The van der Waals surface area contributed by atoms with Crippen molar-refractivity contribution in [3.8, 4) is 11.5 Å². The molecule has 17 heteroatoms. The molecule has 3 heterocycles. The van der Waals surface area contributed by atoms with E-state index in [-0.39, 0.29) is 25.0 Å². The van der Waals surface area contributed by atoms with Crippen molar-refractivity contribution in [1.82, 2.24) is 28.9 Å². The van der Waals surface area contributed by atoms with Crippen LogP contribution in [0.4, 0.5) is 11.9 Å². The number of imidazole rings is 2. The summed E-state index contributed by atoms with van der Waals surface area (Å²) in [6.45, 7) is 5.88. The summed E-state index contributed by atoms with van der Waals surface area (Å²) in [6.07, 6.45) is 12.5. The molecule has 0 aliphatic heterocycles. The Bertz CT molecular complexity index is 2280. The van der Waals surface area contributed by atoms with E-state index in [4.69, 9.17) is 30.9 Å². The number of fused-ring (bicyclic) bond motifs is 2. The van der Waals surface area contributed by atoms with Crippen molar-refractivity contribution in [2.75, 3.05) is 43.2 Å². The number of aromatic nitrogens is 6. The molecule has 0 aliphatic rings. The van der Waals surface area contributed by atoms with Crippen LogP contribution in [0.15, 0.2) is 71.5 Å². The minimum absolute atomic E-state index is 0.218. The van der Waals surface area contributed by atoms with Gasteiger partial charge < -0.3 is 35.4 Å². The Morgan fingerprint density at radius 3 is 2.16 bits per heavy atom. The molecule has 55 heavy (non-hydrogen) atoms. The van der Waals surface area contributed by atoms with Gasteiger partial charge in [-0.3, -0.25) is 29.4 Å². The number of benzene rings is 2. The quantitative estimate of drug-likeness (QED) is 0.0244. The number of allylic oxidation sites excluding steroid dienone is 3. The molecule has 0 aliphatic carbocycles. The van der Waals surface area contributed by atoms with E-state index in [1.807, 2.05) is 47.3 Å². The second kappa shape index (κ2) is 19.1. The number of hydrogen-bond acceptors (Lipinski definition) is 13. The van der Waals surface area contributed by atoms with Gasteiger partial charge in [-0.05, 0) is 62.4 Å². The largest absolute Gasteiger partial charge is 0.491 e. The number of nitrogens with two attached hydrogens (primary N) is 2. The first-order chi connectivity index (χ1) is 26.7. The van der Waals surface area contributed by atoms with Crippen LogP contribution >= 0.6 is 12.6 Å². The maximum absolute atomic E-state index is 13.6. The smallest absolute Gasteiger partial charge is 0.276 e. The summed E-state index contributed by atoms with van der Waals surface area (Å²) in [5.74, 6) is 2.02. The number of thiol groups is 1. The van der Waals surface area contributed by atoms with Crippen molar-refractivity contribution in [3.05, 3.63) is 89.0 Å². The molecule has 288 valence electrons. The van der Waals surface area contributed by atoms with Gasteiger partial charge >= 0.3 is 0 Å². The van der Waals surface area contributed by atoms with Gasteiger partial charge in [-0.1, -0.05) is 18.2 Å². The van der Waals surface area contributed by atoms with Gasteiger partial charge in [-0.2, -0.15) is 17.7 Å². The molecule has 0 unspecified atom stereocenters. The van der Waals surface area contributed by atoms with E-state index in [0.717, 1.165) is 12.6 Å². The molecule has 2 aromatic carbocycles. The lowest BCUT2D eigenvalue weighted by molar-refractivity contribution is 0.101. The number of nitrogens with zero attached hydrogens (tertiary/aromatic N) is 7. The normalized spacial score (nSPS) is 12.1. The second-order valence-corrected chi connectivity index (χ2v) is 12.6. The average molecular weight is 768 g/mol. The molecule has 0 bridgehead atoms. The highest BCUT2D eigenvalue weighted by Gasteiger charge is 2.21. The van der Waals surface area contributed by atoms with Gasteiger partial charge in [-0.15, -0.1) is 0 Å². The number of nitrogens with one attached hydrogen (secondary N) is 2. The summed E-state index contributed by atoms with van der Waals surface area (Å²) in [5.41, 5.74) is 15.6. The van der Waals surface area contributed by atoms with Gasteiger partial charge in [-0.25, -0.2) is 9.97 Å². The molecule has 0 atom stereocenters. The topological polar surface area (TPSA) is 212 Å². The molecule has 0 radical (unpaired) electrons. The van der Waals surface area contributed by atoms with E-state index in [1.54, 1.807) is 42.1 Å². The standard InChI is InChI=1S/C38H45N11O5S/c1-4-49-31(16-25(2)46-49)36(52)45-38-44-30-18-27(24-51)20-33(54-14-9-15-55)35(30)48(38)12-7-6-11-47-34-29(43-37(47)41-3)17-26(23-50)19-32(34)53-13-8-5-10-42-22-28(40)21-39/h5-8,16-24,55H,4,9-15,39-40H2,1-3H3,(H,41,43)(H,44,45,52)/b7-6+,8-5+,28-21+,42-22?. The lowest BCUT2D eigenvalue weighted by atomic mass is 10.2. The fourth-order valence-electron chi connectivity index (χ4n) is 5.78. The Hall–Kier alpha value is -6.36. The molecule has 6 N–H and O–H groups in total. The number of aliphatic imine (C=N–C) groups is 1. The number of ether oxygens (including phenoxy) is 2. The number of carbonyl (C=O) groups excluding carboxylic acids is 3. The van der Waals surface area contributed by atoms with Crippen molar-refractivity contribution in [2.24, 2.45) is 16.5 Å². The number of hydrogen-bond donors (Lipinski definition) is 5. The lowest BCUT2D eigenvalue weighted by Gasteiger charge is -2.13. The van der Waals surface area contributed by atoms with Crippen molar-refractivity contribution in [1.29, 1.82) is 0 Å². The molecule has 5 aromatic rings. The Morgan fingerprint density at radius 1 is 0.927 bits per heavy atom. The van der Waals surface area contributed by atoms with Crippen LogP contribution in [0.5, 0.6) is 11.5 Å². The van der Waals surface area contributed by atoms with Crippen molar-refractivity contribution in [3.63, 3.8) is 0 Å². The summed E-state index contributed by atoms with van der Waals surface area (Å²) in [6, 6.07) is 8.43. The highest BCUT2D eigenvalue weighted by atomic mass is 32.1. The number of aryl methyl sites for hydroxylation is 2. The fraction of sp³-hybridized carbons (Fsp3) is 0.289. The Balaban J connectivity index is 1.46. The third-order valence-corrected chi connectivity index (χ3v) is 8.58. The first-order valence-corrected chi connectivity index (χ1v) is 18.2. The van der Waals surface area contributed by atoms with Crippen molar-refractivity contribution >= 4 is 71.3 Å². The van der Waals surface area contributed by atoms with Crippen LogP contribution < -0.4 is 31.6 Å². The maximum atomic E-state index is 13.6. The van der Waals surface area contributed by atoms with Gasteiger partial charge in [0.2, 0.25) is 11.9 Å². The monoisotopic (exact) mass is 767 g/mol. The van der Waals surface area contributed by atoms with Gasteiger partial charge in [0.05, 0.1) is 35.6 Å². The first-order valence-electron chi connectivity index (χ1n) is 17.6. The minimum atomic E-state index is -0.377. The van der Waals surface area contributed by atoms with E-state index in [1.165, 1.54) is 12.4 Å². The van der Waals surface area contributed by atoms with Crippen LogP contribution in [0, 0.1) is 6.92 Å². The molecule has 0 saturated heterocycles. The van der Waals surface area contributed by atoms with E-state index in [0.29, 0.717) is 106 Å². The zero-order valence-electron chi connectivity index (χ0n) is 30.9. The van der Waals surface area contributed by atoms with Gasteiger partial charge in [0.25, 0.3) is 5.91 Å². The average Bonchev–Trinajstić information content (AvgIpc) is 3.87. The zero-order chi connectivity index (χ0) is 39.3. The van der Waals surface area contributed by atoms with Crippen LogP contribution in [0.1, 0.15) is 50.2 Å². The predicted molar refractivity (Wildman–Crippen MR) is 218 cm³/mol. The lowest BCUT2D eigenvalue weighted by Crippen LogP contribution is -2.20. The van der Waals surface area contributed by atoms with Crippen molar-refractivity contribution < 1.29 is 23.9 Å². The molecule has 0 spiro atoms. The SMILES string of the molecule is CCn1nc(C)cc1C(=O)Nc1nc2cc(C=O)cc(OCCCS)c2n1C/C=C/Cn1c(NC)nc2cc(C=O)cc(OC/C=C/CN=C/C(N)=C\N)c21. The van der Waals surface area contributed by atoms with Gasteiger partial charge in [0, 0.05) is 50.2 Å². The summed E-state index contributed by atoms with van der Waals surface area (Å²) in [5, 5.41) is 10.5. The molecular formula is C38H45N11O5S. The van der Waals surface area contributed by atoms with Gasteiger partial charge in [0.1, 0.15) is 47.4 Å².